The van der Waals surface area contributed by atoms with Gasteiger partial charge in [-0.25, -0.2) is 9.78 Å². The third-order valence-electron chi connectivity index (χ3n) is 3.72. The average molecular weight is 306 g/mol. The molecule has 1 aromatic rings. The Morgan fingerprint density at radius 1 is 1.41 bits per heavy atom. The lowest BCUT2D eigenvalue weighted by molar-refractivity contribution is 0.0158. The minimum absolute atomic E-state index is 0.0725. The molecule has 1 aliphatic heterocycles. The molecule has 1 atom stereocenters. The molecule has 122 valence electrons. The maximum atomic E-state index is 12.2. The number of hydrogen-bond acceptors (Lipinski definition) is 5. The third kappa shape index (κ3) is 3.81. The van der Waals surface area contributed by atoms with Gasteiger partial charge >= 0.3 is 6.09 Å². The van der Waals surface area contributed by atoms with Crippen LogP contribution >= 0.6 is 0 Å². The second-order valence-electron chi connectivity index (χ2n) is 6.87. The molecule has 0 spiro atoms. The summed E-state index contributed by atoms with van der Waals surface area (Å²) in [5.41, 5.74) is 7.07. The number of nitrogens with zero attached hydrogens (tertiary/aromatic N) is 3. The van der Waals surface area contributed by atoms with E-state index in [0.717, 1.165) is 24.5 Å². The number of aryl methyl sites for hydroxylation is 1. The van der Waals surface area contributed by atoms with Crippen LogP contribution in [-0.4, -0.2) is 47.3 Å². The van der Waals surface area contributed by atoms with Crippen molar-refractivity contribution in [3.8, 4) is 0 Å². The molecule has 0 aromatic carbocycles. The Kier molecular flexibility index (Phi) is 4.49. The SMILES string of the molecule is Cc1cc(N2CCN(C(=O)OC(C)(C)C)C(C)C2)ncc1N. The van der Waals surface area contributed by atoms with Gasteiger partial charge in [-0.3, -0.25) is 0 Å². The number of aromatic nitrogens is 1. The number of nitrogen functional groups attached to an aromatic ring is 1. The van der Waals surface area contributed by atoms with Gasteiger partial charge in [-0.2, -0.15) is 0 Å². The highest BCUT2D eigenvalue weighted by atomic mass is 16.6. The topological polar surface area (TPSA) is 71.7 Å². The highest BCUT2D eigenvalue weighted by Gasteiger charge is 2.31. The number of nitrogens with two attached hydrogens (primary N) is 1. The Labute approximate surface area is 132 Å². The van der Waals surface area contributed by atoms with E-state index in [9.17, 15) is 4.79 Å². The number of carbonyl (C=O) groups excluding carboxylic acids is 1. The van der Waals surface area contributed by atoms with Crippen LogP contribution in [0.4, 0.5) is 16.3 Å². The monoisotopic (exact) mass is 306 g/mol. The van der Waals surface area contributed by atoms with E-state index >= 15 is 0 Å². The molecule has 1 amide bonds. The minimum atomic E-state index is -0.469. The second kappa shape index (κ2) is 6.02. The molecule has 6 heteroatoms. The fourth-order valence-corrected chi connectivity index (χ4v) is 2.48. The number of ether oxygens (including phenoxy) is 1. The number of hydrogen-bond donors (Lipinski definition) is 1. The second-order valence-corrected chi connectivity index (χ2v) is 6.87. The van der Waals surface area contributed by atoms with Crippen molar-refractivity contribution >= 4 is 17.6 Å². The molecule has 1 unspecified atom stereocenters. The van der Waals surface area contributed by atoms with Crippen LogP contribution in [0.15, 0.2) is 12.3 Å². The number of carbonyl (C=O) groups is 1. The quantitative estimate of drug-likeness (QED) is 0.862. The van der Waals surface area contributed by atoms with Gasteiger partial charge in [-0.05, 0) is 46.2 Å². The highest BCUT2D eigenvalue weighted by molar-refractivity contribution is 5.69. The fraction of sp³-hybridized carbons (Fsp3) is 0.625. The Balaban J connectivity index is 2.03. The van der Waals surface area contributed by atoms with Gasteiger partial charge in [0.15, 0.2) is 0 Å². The van der Waals surface area contributed by atoms with Crippen LogP contribution in [-0.2, 0) is 4.74 Å². The molecule has 2 N–H and O–H groups in total. The van der Waals surface area contributed by atoms with Crippen molar-refractivity contribution in [2.45, 2.75) is 46.3 Å². The molecular formula is C16H26N4O2. The number of rotatable bonds is 1. The lowest BCUT2D eigenvalue weighted by Crippen LogP contribution is -2.55. The van der Waals surface area contributed by atoms with E-state index in [1.165, 1.54) is 0 Å². The van der Waals surface area contributed by atoms with E-state index in [1.54, 1.807) is 11.1 Å². The van der Waals surface area contributed by atoms with Gasteiger partial charge in [0.1, 0.15) is 11.4 Å². The minimum Gasteiger partial charge on any atom is -0.444 e. The Hall–Kier alpha value is -1.98. The highest BCUT2D eigenvalue weighted by Crippen LogP contribution is 2.22. The summed E-state index contributed by atoms with van der Waals surface area (Å²) < 4.78 is 5.46. The van der Waals surface area contributed by atoms with Crippen LogP contribution in [0.2, 0.25) is 0 Å². The molecule has 0 radical (unpaired) electrons. The summed E-state index contributed by atoms with van der Waals surface area (Å²) >= 11 is 0. The lowest BCUT2D eigenvalue weighted by atomic mass is 10.1. The van der Waals surface area contributed by atoms with Crippen LogP contribution in [0.3, 0.4) is 0 Å². The molecular weight excluding hydrogens is 280 g/mol. The summed E-state index contributed by atoms with van der Waals surface area (Å²) in [7, 11) is 0. The van der Waals surface area contributed by atoms with E-state index in [0.29, 0.717) is 12.2 Å². The van der Waals surface area contributed by atoms with Crippen LogP contribution in [0, 0.1) is 6.92 Å². The van der Waals surface area contributed by atoms with Crippen molar-refractivity contribution in [2.75, 3.05) is 30.3 Å². The first-order valence-electron chi connectivity index (χ1n) is 7.64. The smallest absolute Gasteiger partial charge is 0.410 e. The molecule has 1 aromatic heterocycles. The van der Waals surface area contributed by atoms with Gasteiger partial charge in [-0.15, -0.1) is 0 Å². The molecule has 1 saturated heterocycles. The third-order valence-corrected chi connectivity index (χ3v) is 3.72. The number of amides is 1. The summed E-state index contributed by atoms with van der Waals surface area (Å²) in [4.78, 5) is 20.6. The first-order valence-corrected chi connectivity index (χ1v) is 7.64. The van der Waals surface area contributed by atoms with Crippen molar-refractivity contribution in [3.05, 3.63) is 17.8 Å². The van der Waals surface area contributed by atoms with Gasteiger partial charge in [0.25, 0.3) is 0 Å². The lowest BCUT2D eigenvalue weighted by Gasteiger charge is -2.40. The predicted octanol–water partition coefficient (Wildman–Crippen LogP) is 2.42. The van der Waals surface area contributed by atoms with E-state index in [-0.39, 0.29) is 12.1 Å². The number of anilines is 2. The van der Waals surface area contributed by atoms with Crippen LogP contribution in [0.25, 0.3) is 0 Å². The molecule has 6 nitrogen and oxygen atoms in total. The molecule has 22 heavy (non-hydrogen) atoms. The van der Waals surface area contributed by atoms with Gasteiger partial charge in [0, 0.05) is 25.7 Å². The molecule has 0 bridgehead atoms. The first-order chi connectivity index (χ1) is 10.2. The Bertz CT molecular complexity index is 554. The van der Waals surface area contributed by atoms with E-state index in [1.807, 2.05) is 40.7 Å². The van der Waals surface area contributed by atoms with Gasteiger partial charge in [-0.1, -0.05) is 0 Å². The van der Waals surface area contributed by atoms with Gasteiger partial charge in [0.2, 0.25) is 0 Å². The van der Waals surface area contributed by atoms with Crippen LogP contribution in [0.1, 0.15) is 33.3 Å². The van der Waals surface area contributed by atoms with Crippen molar-refractivity contribution in [1.29, 1.82) is 0 Å². The van der Waals surface area contributed by atoms with Crippen molar-refractivity contribution in [2.24, 2.45) is 0 Å². The summed E-state index contributed by atoms with van der Waals surface area (Å²) in [6.07, 6.45) is 1.44. The maximum absolute atomic E-state index is 12.2. The van der Waals surface area contributed by atoms with Gasteiger partial charge < -0.3 is 20.3 Å². The molecule has 0 saturated carbocycles. The molecule has 2 heterocycles. The van der Waals surface area contributed by atoms with Crippen molar-refractivity contribution in [1.82, 2.24) is 9.88 Å². The molecule has 1 fully saturated rings. The fourth-order valence-electron chi connectivity index (χ4n) is 2.48. The standard InChI is InChI=1S/C16H26N4O2/c1-11-8-14(18-9-13(11)17)19-6-7-20(12(2)10-19)15(21)22-16(3,4)5/h8-9,12H,6-7,10,17H2,1-5H3. The van der Waals surface area contributed by atoms with E-state index in [4.69, 9.17) is 10.5 Å². The van der Waals surface area contributed by atoms with Crippen molar-refractivity contribution in [3.63, 3.8) is 0 Å². The van der Waals surface area contributed by atoms with Gasteiger partial charge in [0.05, 0.1) is 11.9 Å². The maximum Gasteiger partial charge on any atom is 0.410 e. The zero-order valence-electron chi connectivity index (χ0n) is 14.1. The summed E-state index contributed by atoms with van der Waals surface area (Å²) in [6.45, 7) is 11.7. The zero-order valence-corrected chi connectivity index (χ0v) is 14.1. The molecule has 0 aliphatic carbocycles. The largest absolute Gasteiger partial charge is 0.444 e. The predicted molar refractivity (Wildman–Crippen MR) is 88.0 cm³/mol. The zero-order chi connectivity index (χ0) is 16.5. The first kappa shape index (κ1) is 16.4. The summed E-state index contributed by atoms with van der Waals surface area (Å²) in [5, 5.41) is 0. The van der Waals surface area contributed by atoms with E-state index in [2.05, 4.69) is 9.88 Å². The van der Waals surface area contributed by atoms with E-state index < -0.39 is 5.60 Å². The Morgan fingerprint density at radius 2 is 2.09 bits per heavy atom. The van der Waals surface area contributed by atoms with Crippen LogP contribution < -0.4 is 10.6 Å². The van der Waals surface area contributed by atoms with Crippen molar-refractivity contribution < 1.29 is 9.53 Å². The summed E-state index contributed by atoms with van der Waals surface area (Å²) in [6, 6.07) is 2.06. The summed E-state index contributed by atoms with van der Waals surface area (Å²) in [5.74, 6) is 0.905. The average Bonchev–Trinajstić information content (AvgIpc) is 2.39. The van der Waals surface area contributed by atoms with Crippen LogP contribution in [0.5, 0.6) is 0 Å². The molecule has 1 aliphatic rings. The number of pyridine rings is 1. The Morgan fingerprint density at radius 3 is 2.64 bits per heavy atom. The normalized spacial score (nSPS) is 19.2. The number of piperazine rings is 1. The molecule has 2 rings (SSSR count).